The Morgan fingerprint density at radius 2 is 2.25 bits per heavy atom. The van der Waals surface area contributed by atoms with E-state index in [4.69, 9.17) is 9.47 Å². The fraction of sp³-hybridized carbons (Fsp3) is 0.600. The molecule has 0 amide bonds. The van der Waals surface area contributed by atoms with Gasteiger partial charge in [-0.25, -0.2) is 0 Å². The monoisotopic (exact) mass is 168 g/mol. The lowest BCUT2D eigenvalue weighted by atomic mass is 9.97. The van der Waals surface area contributed by atoms with E-state index in [-0.39, 0.29) is 0 Å². The van der Waals surface area contributed by atoms with Crippen molar-refractivity contribution in [3.05, 3.63) is 24.4 Å². The zero-order valence-electron chi connectivity index (χ0n) is 7.96. The van der Waals surface area contributed by atoms with E-state index in [0.717, 1.165) is 12.2 Å². The number of ether oxygens (including phenoxy) is 2. The molecule has 0 spiro atoms. The predicted octanol–water partition coefficient (Wildman–Crippen LogP) is 2.68. The van der Waals surface area contributed by atoms with Crippen LogP contribution in [0.25, 0.3) is 0 Å². The molecule has 2 heteroatoms. The Morgan fingerprint density at radius 3 is 2.67 bits per heavy atom. The maximum atomic E-state index is 5.15. The molecule has 0 aromatic carbocycles. The van der Waals surface area contributed by atoms with E-state index in [0.29, 0.717) is 17.8 Å². The molecule has 1 aliphatic rings. The summed E-state index contributed by atoms with van der Waals surface area (Å²) in [5.74, 6) is 2.70. The van der Waals surface area contributed by atoms with Crippen molar-refractivity contribution in [3.8, 4) is 0 Å². The van der Waals surface area contributed by atoms with Gasteiger partial charge in [-0.1, -0.05) is 19.9 Å². The average molecular weight is 168 g/mol. The predicted molar refractivity (Wildman–Crippen MR) is 48.3 cm³/mol. The highest BCUT2D eigenvalue weighted by Crippen LogP contribution is 2.36. The SMILES string of the molecule is C=C[C@@H](C)CC(C)C1=C(OC)O1. The first-order valence-electron chi connectivity index (χ1n) is 4.27. The highest BCUT2D eigenvalue weighted by atomic mass is 16.7. The molecular weight excluding hydrogens is 152 g/mol. The van der Waals surface area contributed by atoms with Gasteiger partial charge in [-0.15, -0.1) is 6.58 Å². The summed E-state index contributed by atoms with van der Waals surface area (Å²) in [7, 11) is 1.63. The van der Waals surface area contributed by atoms with E-state index < -0.39 is 0 Å². The lowest BCUT2D eigenvalue weighted by Gasteiger charge is -2.07. The zero-order chi connectivity index (χ0) is 9.14. The molecule has 0 saturated carbocycles. The molecule has 12 heavy (non-hydrogen) atoms. The summed E-state index contributed by atoms with van der Waals surface area (Å²) in [5, 5.41) is 0. The maximum absolute atomic E-state index is 5.15. The molecule has 1 rings (SSSR count). The minimum Gasteiger partial charge on any atom is -0.466 e. The van der Waals surface area contributed by atoms with Crippen molar-refractivity contribution in [3.63, 3.8) is 0 Å². The van der Waals surface area contributed by atoms with Gasteiger partial charge in [0.15, 0.2) is 5.76 Å². The Labute approximate surface area is 73.9 Å². The Bertz CT molecular complexity index is 206. The van der Waals surface area contributed by atoms with Crippen LogP contribution in [0.5, 0.6) is 0 Å². The smallest absolute Gasteiger partial charge is 0.325 e. The molecule has 68 valence electrons. The van der Waals surface area contributed by atoms with Crippen LogP contribution >= 0.6 is 0 Å². The van der Waals surface area contributed by atoms with Crippen LogP contribution in [0.4, 0.5) is 0 Å². The first-order chi connectivity index (χ1) is 5.69. The lowest BCUT2D eigenvalue weighted by molar-refractivity contribution is 0.203. The van der Waals surface area contributed by atoms with Crippen LogP contribution in [-0.4, -0.2) is 7.11 Å². The van der Waals surface area contributed by atoms with Crippen molar-refractivity contribution in [2.45, 2.75) is 20.3 Å². The van der Waals surface area contributed by atoms with Gasteiger partial charge in [0.1, 0.15) is 0 Å². The number of hydrogen-bond acceptors (Lipinski definition) is 2. The summed E-state index contributed by atoms with van der Waals surface area (Å²) in [5.41, 5.74) is 0. The number of hydrogen-bond donors (Lipinski definition) is 0. The van der Waals surface area contributed by atoms with Crippen molar-refractivity contribution in [1.82, 2.24) is 0 Å². The van der Waals surface area contributed by atoms with E-state index in [9.17, 15) is 0 Å². The molecule has 2 atom stereocenters. The molecule has 1 unspecified atom stereocenters. The van der Waals surface area contributed by atoms with Crippen LogP contribution < -0.4 is 0 Å². The normalized spacial score (nSPS) is 19.6. The molecule has 0 aliphatic carbocycles. The maximum Gasteiger partial charge on any atom is 0.325 e. The van der Waals surface area contributed by atoms with Crippen molar-refractivity contribution in [2.24, 2.45) is 11.8 Å². The third-order valence-electron chi connectivity index (χ3n) is 2.12. The summed E-state index contributed by atoms with van der Waals surface area (Å²) in [6, 6.07) is 0. The molecule has 0 fully saturated rings. The highest BCUT2D eigenvalue weighted by molar-refractivity contribution is 5.14. The van der Waals surface area contributed by atoms with E-state index in [1.54, 1.807) is 7.11 Å². The van der Waals surface area contributed by atoms with Gasteiger partial charge in [-0.3, -0.25) is 0 Å². The Morgan fingerprint density at radius 1 is 1.58 bits per heavy atom. The van der Waals surface area contributed by atoms with Gasteiger partial charge in [-0.2, -0.15) is 0 Å². The molecule has 1 heterocycles. The fourth-order valence-electron chi connectivity index (χ4n) is 1.28. The van der Waals surface area contributed by atoms with Crippen LogP contribution in [0.3, 0.4) is 0 Å². The van der Waals surface area contributed by atoms with Gasteiger partial charge in [0.25, 0.3) is 0 Å². The van der Waals surface area contributed by atoms with Gasteiger partial charge in [-0.05, 0) is 12.3 Å². The summed E-state index contributed by atoms with van der Waals surface area (Å²) in [6.07, 6.45) is 3.04. The summed E-state index contributed by atoms with van der Waals surface area (Å²) >= 11 is 0. The highest BCUT2D eigenvalue weighted by Gasteiger charge is 2.32. The minimum absolute atomic E-state index is 0.452. The Hall–Kier alpha value is -0.920. The van der Waals surface area contributed by atoms with Crippen molar-refractivity contribution in [2.75, 3.05) is 7.11 Å². The van der Waals surface area contributed by atoms with Gasteiger partial charge in [0.05, 0.1) is 7.11 Å². The van der Waals surface area contributed by atoms with Crippen LogP contribution in [0.1, 0.15) is 20.3 Å². The number of allylic oxidation sites excluding steroid dienone is 2. The van der Waals surface area contributed by atoms with Gasteiger partial charge < -0.3 is 9.47 Å². The van der Waals surface area contributed by atoms with E-state index in [1.807, 2.05) is 6.08 Å². The van der Waals surface area contributed by atoms with E-state index in [1.165, 1.54) is 0 Å². The third-order valence-corrected chi connectivity index (χ3v) is 2.12. The second-order valence-electron chi connectivity index (χ2n) is 3.31. The van der Waals surface area contributed by atoms with Crippen LogP contribution in [0.15, 0.2) is 24.4 Å². The van der Waals surface area contributed by atoms with Crippen LogP contribution in [-0.2, 0) is 9.47 Å². The van der Waals surface area contributed by atoms with Crippen molar-refractivity contribution >= 4 is 0 Å². The second-order valence-corrected chi connectivity index (χ2v) is 3.31. The molecule has 0 aromatic rings. The molecule has 0 radical (unpaired) electrons. The van der Waals surface area contributed by atoms with Gasteiger partial charge >= 0.3 is 5.95 Å². The summed E-state index contributed by atoms with van der Waals surface area (Å²) in [6.45, 7) is 8.04. The van der Waals surface area contributed by atoms with Crippen molar-refractivity contribution < 1.29 is 9.47 Å². The third kappa shape index (κ3) is 2.03. The molecule has 2 nitrogen and oxygen atoms in total. The molecule has 0 saturated heterocycles. The first-order valence-corrected chi connectivity index (χ1v) is 4.27. The largest absolute Gasteiger partial charge is 0.466 e. The van der Waals surface area contributed by atoms with E-state index in [2.05, 4.69) is 20.4 Å². The molecule has 0 aromatic heterocycles. The summed E-state index contributed by atoms with van der Waals surface area (Å²) < 4.78 is 10.1. The molecular formula is C10H16O2. The van der Waals surface area contributed by atoms with Crippen LogP contribution in [0, 0.1) is 11.8 Å². The lowest BCUT2D eigenvalue weighted by Crippen LogP contribution is -1.99. The van der Waals surface area contributed by atoms with Gasteiger partial charge in [0.2, 0.25) is 0 Å². The Kier molecular flexibility index (Phi) is 2.79. The molecule has 1 aliphatic heterocycles. The quantitative estimate of drug-likeness (QED) is 0.589. The van der Waals surface area contributed by atoms with Crippen molar-refractivity contribution in [1.29, 1.82) is 0 Å². The Balaban J connectivity index is 2.35. The summed E-state index contributed by atoms with van der Waals surface area (Å²) in [4.78, 5) is 0. The standard InChI is InChI=1S/C10H16O2/c1-5-7(2)6-8(3)9-10(11-4)12-9/h5,7-8H,1,6H2,2-4H3/t7-,8?/m1/s1. The number of methoxy groups -OCH3 is 1. The van der Waals surface area contributed by atoms with E-state index >= 15 is 0 Å². The average Bonchev–Trinajstić information content (AvgIpc) is 2.82. The molecule has 0 N–H and O–H groups in total. The van der Waals surface area contributed by atoms with Gasteiger partial charge in [0, 0.05) is 5.92 Å². The first kappa shape index (κ1) is 9.17. The topological polar surface area (TPSA) is 21.8 Å². The number of rotatable bonds is 5. The zero-order valence-corrected chi connectivity index (χ0v) is 7.96. The fourth-order valence-corrected chi connectivity index (χ4v) is 1.28. The molecule has 0 bridgehead atoms. The second kappa shape index (κ2) is 3.65. The minimum atomic E-state index is 0.452. The van der Waals surface area contributed by atoms with Crippen LogP contribution in [0.2, 0.25) is 0 Å².